The number of fused-ring (bicyclic) bond motifs is 1. The molecule has 10 nitrogen and oxygen atoms in total. The molecule has 1 saturated heterocycles. The van der Waals surface area contributed by atoms with Crippen LogP contribution in [0.1, 0.15) is 67.1 Å². The number of unbranched alkanes of at least 4 members (excludes halogenated alkanes) is 1. The minimum absolute atomic E-state index is 0. The number of nitrogens with one attached hydrogen (secondary N) is 2. The van der Waals surface area contributed by atoms with Crippen LogP contribution in [0, 0.1) is 0 Å². The number of ketones is 1. The Morgan fingerprint density at radius 1 is 0.952 bits per heavy atom. The van der Waals surface area contributed by atoms with E-state index in [4.69, 9.17) is 9.15 Å². The van der Waals surface area contributed by atoms with Crippen LogP contribution < -0.4 is 14.2 Å². The minimum Gasteiger partial charge on any atom is -0.491 e. The van der Waals surface area contributed by atoms with Gasteiger partial charge in [-0.2, -0.15) is 0 Å². The summed E-state index contributed by atoms with van der Waals surface area (Å²) >= 11 is 0. The summed E-state index contributed by atoms with van der Waals surface area (Å²) in [7, 11) is -7.18. The number of furan rings is 1. The van der Waals surface area contributed by atoms with Gasteiger partial charge >= 0.3 is 0 Å². The predicted molar refractivity (Wildman–Crippen MR) is 169 cm³/mol. The minimum atomic E-state index is -3.65. The van der Waals surface area contributed by atoms with Gasteiger partial charge in [0.1, 0.15) is 17.1 Å². The highest BCUT2D eigenvalue weighted by molar-refractivity contribution is 7.92. The molecule has 13 heteroatoms. The number of ether oxygens (including phenoxy) is 1. The van der Waals surface area contributed by atoms with Crippen molar-refractivity contribution in [3.63, 3.8) is 0 Å². The second-order valence-corrected chi connectivity index (χ2v) is 14.1. The van der Waals surface area contributed by atoms with E-state index in [9.17, 15) is 21.6 Å². The number of benzene rings is 2. The Hall–Kier alpha value is -2.80. The van der Waals surface area contributed by atoms with Crippen LogP contribution in [0.25, 0.3) is 11.0 Å². The average molecular weight is 642 g/mol. The van der Waals surface area contributed by atoms with Gasteiger partial charge in [0.25, 0.3) is 0 Å². The number of carbonyl (C=O) groups excluding carboxylic acids is 1. The summed E-state index contributed by atoms with van der Waals surface area (Å²) in [5, 5.41) is 0.477. The number of nitrogens with zero attached hydrogens (tertiary/aromatic N) is 1. The molecule has 2 heterocycles. The number of hydrogen-bond donors (Lipinski definition) is 2. The van der Waals surface area contributed by atoms with E-state index in [2.05, 4.69) is 14.3 Å². The van der Waals surface area contributed by atoms with Crippen LogP contribution in [0.5, 0.6) is 5.75 Å². The number of rotatable bonds is 14. The van der Waals surface area contributed by atoms with Crippen molar-refractivity contribution < 1.29 is 30.8 Å². The maximum Gasteiger partial charge on any atom is 0.229 e. The Morgan fingerprint density at radius 3 is 2.33 bits per heavy atom. The van der Waals surface area contributed by atoms with Crippen molar-refractivity contribution in [1.82, 2.24) is 4.90 Å². The topological polar surface area (TPSA) is 135 Å². The molecule has 0 spiro atoms. The molecule has 0 bridgehead atoms. The predicted octanol–water partition coefficient (Wildman–Crippen LogP) is 5.43. The third-order valence-electron chi connectivity index (χ3n) is 6.91. The largest absolute Gasteiger partial charge is 0.491 e. The van der Waals surface area contributed by atoms with Crippen LogP contribution in [-0.4, -0.2) is 66.3 Å². The van der Waals surface area contributed by atoms with Crippen LogP contribution in [0.2, 0.25) is 0 Å². The number of anilines is 2. The molecule has 232 valence electrons. The third kappa shape index (κ3) is 9.35. The third-order valence-corrected chi connectivity index (χ3v) is 8.11. The number of halogens is 1. The zero-order chi connectivity index (χ0) is 29.6. The molecule has 0 aliphatic carbocycles. The molecule has 1 aliphatic heterocycles. The molecular formula is C29H40ClN3O7S2. The standard InChI is InChI=1S/C29H39N3O7S2.ClH/c1-4-5-10-27-28(23-20-22(30-40(2,34)35)12-14-25(23)39-27)29(33)21-11-13-26(24(19-21)31-41(3,36)37)38-18-9-17-32-15-7-6-8-16-32;/h11-14,19-20,30-31H,4-10,15-18H2,1-3H3;1H. The smallest absolute Gasteiger partial charge is 0.229 e. The summed E-state index contributed by atoms with van der Waals surface area (Å²) in [6.45, 7) is 5.53. The first-order valence-corrected chi connectivity index (χ1v) is 17.8. The molecule has 0 saturated carbocycles. The van der Waals surface area contributed by atoms with Crippen molar-refractivity contribution in [3.8, 4) is 5.75 Å². The molecule has 0 atom stereocenters. The van der Waals surface area contributed by atoms with Gasteiger partial charge < -0.3 is 14.1 Å². The lowest BCUT2D eigenvalue weighted by Crippen LogP contribution is -2.31. The quantitative estimate of drug-likeness (QED) is 0.176. The summed E-state index contributed by atoms with van der Waals surface area (Å²) in [5.41, 5.74) is 1.52. The van der Waals surface area contributed by atoms with Gasteiger partial charge in [0.15, 0.2) is 5.78 Å². The number of piperidine rings is 1. The van der Waals surface area contributed by atoms with Crippen molar-refractivity contribution in [3.05, 3.63) is 53.3 Å². The number of hydrogen-bond acceptors (Lipinski definition) is 8. The first-order valence-electron chi connectivity index (χ1n) is 14.0. The van der Waals surface area contributed by atoms with E-state index < -0.39 is 20.0 Å². The normalized spacial score (nSPS) is 14.4. The fourth-order valence-corrected chi connectivity index (χ4v) is 6.18. The summed E-state index contributed by atoms with van der Waals surface area (Å²) in [6, 6.07) is 9.48. The summed E-state index contributed by atoms with van der Waals surface area (Å²) in [5.74, 6) is 0.479. The van der Waals surface area contributed by atoms with E-state index in [1.807, 2.05) is 6.92 Å². The maximum absolute atomic E-state index is 13.9. The lowest BCUT2D eigenvalue weighted by molar-refractivity contribution is 0.103. The molecule has 1 aromatic heterocycles. The highest BCUT2D eigenvalue weighted by Gasteiger charge is 2.24. The first-order chi connectivity index (χ1) is 19.4. The van der Waals surface area contributed by atoms with E-state index in [0.717, 1.165) is 51.4 Å². The van der Waals surface area contributed by atoms with E-state index >= 15 is 0 Å². The molecule has 2 aromatic carbocycles. The van der Waals surface area contributed by atoms with Gasteiger partial charge in [-0.15, -0.1) is 12.4 Å². The zero-order valence-corrected chi connectivity index (χ0v) is 26.7. The Bertz CT molecular complexity index is 1600. The van der Waals surface area contributed by atoms with Gasteiger partial charge in [0.05, 0.1) is 30.4 Å². The summed E-state index contributed by atoms with van der Waals surface area (Å²) in [6.07, 6.45) is 8.78. The number of carbonyl (C=O) groups is 1. The molecule has 3 aromatic rings. The van der Waals surface area contributed by atoms with Gasteiger partial charge in [0, 0.05) is 29.6 Å². The van der Waals surface area contributed by atoms with E-state index in [1.165, 1.54) is 25.3 Å². The van der Waals surface area contributed by atoms with Crippen LogP contribution >= 0.6 is 12.4 Å². The Balaban J connectivity index is 0.00000484. The molecule has 4 rings (SSSR count). The zero-order valence-electron chi connectivity index (χ0n) is 24.3. The highest BCUT2D eigenvalue weighted by Crippen LogP contribution is 2.34. The van der Waals surface area contributed by atoms with Crippen LogP contribution in [0.4, 0.5) is 11.4 Å². The van der Waals surface area contributed by atoms with Gasteiger partial charge in [0.2, 0.25) is 20.0 Å². The fraction of sp³-hybridized carbons (Fsp3) is 0.483. The van der Waals surface area contributed by atoms with Crippen LogP contribution in [0.3, 0.4) is 0 Å². The number of aryl methyl sites for hydroxylation is 1. The van der Waals surface area contributed by atoms with E-state index in [1.54, 1.807) is 30.3 Å². The van der Waals surface area contributed by atoms with Gasteiger partial charge in [-0.25, -0.2) is 16.8 Å². The molecule has 1 aliphatic rings. The second kappa shape index (κ2) is 14.6. The van der Waals surface area contributed by atoms with Gasteiger partial charge in [-0.05, 0) is 75.2 Å². The highest BCUT2D eigenvalue weighted by atomic mass is 35.5. The van der Waals surface area contributed by atoms with E-state index in [0.29, 0.717) is 46.8 Å². The van der Waals surface area contributed by atoms with Crippen molar-refractivity contribution in [2.45, 2.75) is 51.9 Å². The Labute approximate surface area is 254 Å². The lowest BCUT2D eigenvalue weighted by Gasteiger charge is -2.26. The monoisotopic (exact) mass is 641 g/mol. The molecule has 1 fully saturated rings. The first kappa shape index (κ1) is 33.7. The van der Waals surface area contributed by atoms with Crippen molar-refractivity contribution in [2.24, 2.45) is 0 Å². The number of likely N-dealkylation sites (tertiary alicyclic amines) is 1. The van der Waals surface area contributed by atoms with Crippen LogP contribution in [-0.2, 0) is 26.5 Å². The molecule has 0 unspecified atom stereocenters. The summed E-state index contributed by atoms with van der Waals surface area (Å²) in [4.78, 5) is 16.4. The SMILES string of the molecule is CCCCc1oc2ccc(NS(C)(=O)=O)cc2c1C(=O)c1ccc(OCCCN2CCCCC2)c(NS(C)(=O)=O)c1.Cl. The molecule has 0 radical (unpaired) electrons. The number of sulfonamides is 2. The molecule has 2 N–H and O–H groups in total. The summed E-state index contributed by atoms with van der Waals surface area (Å²) < 4.78 is 64.9. The Morgan fingerprint density at radius 2 is 1.67 bits per heavy atom. The Kier molecular flexibility index (Phi) is 11.7. The van der Waals surface area contributed by atoms with Crippen molar-refractivity contribution >= 4 is 60.6 Å². The average Bonchev–Trinajstić information content (AvgIpc) is 3.26. The molecular weight excluding hydrogens is 602 g/mol. The molecule has 42 heavy (non-hydrogen) atoms. The lowest BCUT2D eigenvalue weighted by atomic mass is 9.97. The maximum atomic E-state index is 13.9. The van der Waals surface area contributed by atoms with Gasteiger partial charge in [-0.1, -0.05) is 19.8 Å². The van der Waals surface area contributed by atoms with E-state index in [-0.39, 0.29) is 29.4 Å². The van der Waals surface area contributed by atoms with Crippen molar-refractivity contribution in [2.75, 3.05) is 48.2 Å². The van der Waals surface area contributed by atoms with Gasteiger partial charge in [-0.3, -0.25) is 14.2 Å². The van der Waals surface area contributed by atoms with Crippen molar-refractivity contribution in [1.29, 1.82) is 0 Å². The fourth-order valence-electron chi connectivity index (χ4n) is 5.06. The molecule has 0 amide bonds. The second-order valence-electron chi connectivity index (χ2n) is 10.6. The van der Waals surface area contributed by atoms with Crippen LogP contribution in [0.15, 0.2) is 40.8 Å².